The minimum atomic E-state index is -4.62. The minimum absolute atomic E-state index is 0.0150. The lowest BCUT2D eigenvalue weighted by atomic mass is 9.81. The number of pyridine rings is 1. The number of aromatic nitrogens is 5. The Hall–Kier alpha value is -5.03. The van der Waals surface area contributed by atoms with E-state index in [2.05, 4.69) is 20.3 Å². The molecular weight excluding hydrogens is 731 g/mol. The first-order valence-electron chi connectivity index (χ1n) is 17.8. The van der Waals surface area contributed by atoms with Crippen molar-refractivity contribution < 1.29 is 33.0 Å². The number of hydrogen-bond donors (Lipinski definition) is 3. The van der Waals surface area contributed by atoms with Gasteiger partial charge in [0.15, 0.2) is 22.6 Å². The van der Waals surface area contributed by atoms with E-state index in [0.717, 1.165) is 24.6 Å². The van der Waals surface area contributed by atoms with Crippen LogP contribution in [0.2, 0.25) is 5.02 Å². The fraction of sp³-hybridized carbons (Fsp3) is 0.472. The molecule has 0 radical (unpaired) electrons. The van der Waals surface area contributed by atoms with Crippen molar-refractivity contribution in [3.63, 3.8) is 0 Å². The average Bonchev–Trinajstić information content (AvgIpc) is 3.56. The van der Waals surface area contributed by atoms with Crippen LogP contribution in [0.1, 0.15) is 66.5 Å². The summed E-state index contributed by atoms with van der Waals surface area (Å²) in [4.78, 5) is 65.0. The number of benzene rings is 1. The van der Waals surface area contributed by atoms with Crippen LogP contribution in [0.4, 0.5) is 30.4 Å². The standard InChI is InChI=1S/C36H39ClF3N9O5/c1-4-24-31(47-11-12-48(26-10-9-25(26)47)35(54)30-32(52)18(2)42-17-43-30)33(53)29-34(41-15-27(45-29)46(3)20-6-7-21(50)14-20)49(24)16-28(51)44-23-8-5-19(13-22(23)37)36(38,39)40/h5,8,13,15,17,20-21,25-26,50,52H,4,6-7,9-12,14,16H2,1-3H3,(H,44,51)/t20-,21-,25+,26+/m1/s1. The Morgan fingerprint density at radius 2 is 1.85 bits per heavy atom. The summed E-state index contributed by atoms with van der Waals surface area (Å²) in [7, 11) is 1.83. The molecule has 4 atom stereocenters. The molecule has 18 heteroatoms. The zero-order chi connectivity index (χ0) is 38.6. The van der Waals surface area contributed by atoms with Crippen LogP contribution in [0.15, 0.2) is 35.5 Å². The Kier molecular flexibility index (Phi) is 9.89. The van der Waals surface area contributed by atoms with Gasteiger partial charge in [-0.3, -0.25) is 14.4 Å². The quantitative estimate of drug-likeness (QED) is 0.234. The van der Waals surface area contributed by atoms with Crippen molar-refractivity contribution in [1.29, 1.82) is 0 Å². The molecule has 3 aromatic heterocycles. The van der Waals surface area contributed by atoms with Crippen LogP contribution in [0, 0.1) is 6.92 Å². The van der Waals surface area contributed by atoms with Crippen LogP contribution in [0.25, 0.3) is 11.2 Å². The molecule has 0 unspecified atom stereocenters. The van der Waals surface area contributed by atoms with E-state index in [1.165, 1.54) is 12.5 Å². The van der Waals surface area contributed by atoms with Crippen molar-refractivity contribution in [1.82, 2.24) is 29.4 Å². The number of hydrogen-bond acceptors (Lipinski definition) is 11. The molecule has 14 nitrogen and oxygen atoms in total. The summed E-state index contributed by atoms with van der Waals surface area (Å²) >= 11 is 6.16. The van der Waals surface area contributed by atoms with E-state index >= 15 is 0 Å². The lowest BCUT2D eigenvalue weighted by Crippen LogP contribution is -2.67. The molecule has 2 aliphatic carbocycles. The van der Waals surface area contributed by atoms with Gasteiger partial charge in [-0.15, -0.1) is 0 Å². The SMILES string of the molecule is CCc1c(N2CCN(C(=O)c3ncnc(C)c3O)[C@H]3CC[C@@H]32)c(=O)c2nc(N(C)[C@@H]3CC[C@@H](O)C3)cnc2n1CC(=O)Nc1ccc(C(F)(F)F)cc1Cl. The number of aromatic hydroxyl groups is 1. The molecule has 3 fully saturated rings. The molecule has 7 rings (SSSR count). The number of aliphatic hydroxyl groups is 1. The Morgan fingerprint density at radius 3 is 2.50 bits per heavy atom. The van der Waals surface area contributed by atoms with Gasteiger partial charge in [-0.2, -0.15) is 13.2 Å². The largest absolute Gasteiger partial charge is 0.504 e. The number of halogens is 4. The molecule has 54 heavy (non-hydrogen) atoms. The Morgan fingerprint density at radius 1 is 1.09 bits per heavy atom. The van der Waals surface area contributed by atoms with Crippen LogP contribution in [0.3, 0.4) is 0 Å². The van der Waals surface area contributed by atoms with Crippen molar-refractivity contribution in [2.75, 3.05) is 35.3 Å². The fourth-order valence-corrected chi connectivity index (χ4v) is 8.07. The highest BCUT2D eigenvalue weighted by atomic mass is 35.5. The first-order valence-corrected chi connectivity index (χ1v) is 18.1. The van der Waals surface area contributed by atoms with E-state index in [1.54, 1.807) is 16.4 Å². The van der Waals surface area contributed by atoms with Crippen molar-refractivity contribution >= 4 is 51.8 Å². The van der Waals surface area contributed by atoms with E-state index in [9.17, 15) is 37.8 Å². The number of rotatable bonds is 8. The highest BCUT2D eigenvalue weighted by molar-refractivity contribution is 6.33. The van der Waals surface area contributed by atoms with E-state index in [4.69, 9.17) is 16.6 Å². The third kappa shape index (κ3) is 6.67. The molecule has 0 bridgehead atoms. The molecule has 1 aliphatic heterocycles. The number of aryl methyl sites for hydroxylation is 1. The maximum atomic E-state index is 14.7. The van der Waals surface area contributed by atoms with Gasteiger partial charge in [0, 0.05) is 37.9 Å². The molecular formula is C36H39ClF3N9O5. The van der Waals surface area contributed by atoms with Gasteiger partial charge in [-0.1, -0.05) is 18.5 Å². The number of aliphatic hydroxyl groups excluding tert-OH is 1. The minimum Gasteiger partial charge on any atom is -0.504 e. The second-order valence-corrected chi connectivity index (χ2v) is 14.4. The summed E-state index contributed by atoms with van der Waals surface area (Å²) < 4.78 is 41.4. The predicted octanol–water partition coefficient (Wildman–Crippen LogP) is 4.31. The van der Waals surface area contributed by atoms with Gasteiger partial charge in [0.2, 0.25) is 11.3 Å². The van der Waals surface area contributed by atoms with Gasteiger partial charge < -0.3 is 34.8 Å². The lowest BCUT2D eigenvalue weighted by molar-refractivity contribution is -0.137. The number of carbonyl (C=O) groups is 2. The average molecular weight is 770 g/mol. The normalized spacial score (nSPS) is 21.2. The highest BCUT2D eigenvalue weighted by Crippen LogP contribution is 2.39. The van der Waals surface area contributed by atoms with Crippen molar-refractivity contribution in [2.24, 2.45) is 0 Å². The predicted molar refractivity (Wildman–Crippen MR) is 194 cm³/mol. The third-order valence-corrected chi connectivity index (χ3v) is 11.2. The topological polar surface area (TPSA) is 170 Å². The van der Waals surface area contributed by atoms with E-state index in [0.29, 0.717) is 49.3 Å². The number of alkyl halides is 3. The maximum Gasteiger partial charge on any atom is 0.416 e. The molecule has 1 aromatic carbocycles. The van der Waals surface area contributed by atoms with Gasteiger partial charge in [0.1, 0.15) is 24.4 Å². The Balaban J connectivity index is 1.28. The van der Waals surface area contributed by atoms with Crippen molar-refractivity contribution in [3.05, 3.63) is 68.6 Å². The van der Waals surface area contributed by atoms with E-state index in [1.807, 2.05) is 23.8 Å². The second-order valence-electron chi connectivity index (χ2n) is 14.0. The van der Waals surface area contributed by atoms with Gasteiger partial charge in [0.25, 0.3) is 5.91 Å². The first-order chi connectivity index (χ1) is 25.7. The van der Waals surface area contributed by atoms with E-state index < -0.39 is 35.1 Å². The monoisotopic (exact) mass is 769 g/mol. The lowest BCUT2D eigenvalue weighted by Gasteiger charge is -2.54. The van der Waals surface area contributed by atoms with Gasteiger partial charge in [-0.25, -0.2) is 19.9 Å². The number of piperazine rings is 1. The smallest absolute Gasteiger partial charge is 0.416 e. The summed E-state index contributed by atoms with van der Waals surface area (Å²) in [6.45, 7) is 3.52. The van der Waals surface area contributed by atoms with Crippen LogP contribution < -0.4 is 20.5 Å². The van der Waals surface area contributed by atoms with Gasteiger partial charge in [-0.05, 0) is 63.6 Å². The Bertz CT molecular complexity index is 2200. The van der Waals surface area contributed by atoms with Crippen LogP contribution in [-0.4, -0.2) is 95.8 Å². The summed E-state index contributed by atoms with van der Waals surface area (Å²) in [5.41, 5.74) is -0.219. The molecule has 286 valence electrons. The summed E-state index contributed by atoms with van der Waals surface area (Å²) in [5, 5.41) is 23.0. The number of nitrogens with zero attached hydrogens (tertiary/aromatic N) is 8. The maximum absolute atomic E-state index is 14.7. The number of amides is 2. The third-order valence-electron chi connectivity index (χ3n) is 10.9. The van der Waals surface area contributed by atoms with Crippen LogP contribution in [0.5, 0.6) is 5.75 Å². The first kappa shape index (κ1) is 37.3. The molecule has 2 amide bonds. The molecule has 2 saturated carbocycles. The van der Waals surface area contributed by atoms with Crippen LogP contribution in [-0.2, 0) is 23.9 Å². The number of anilines is 3. The summed E-state index contributed by atoms with van der Waals surface area (Å²) in [6.07, 6.45) is 1.19. The van der Waals surface area contributed by atoms with Crippen molar-refractivity contribution in [2.45, 2.75) is 89.3 Å². The summed E-state index contributed by atoms with van der Waals surface area (Å²) in [6, 6.07) is 2.06. The molecule has 3 aliphatic rings. The van der Waals surface area contributed by atoms with Gasteiger partial charge >= 0.3 is 6.18 Å². The zero-order valence-corrected chi connectivity index (χ0v) is 30.5. The molecule has 3 N–H and O–H groups in total. The zero-order valence-electron chi connectivity index (χ0n) is 29.8. The highest BCUT2D eigenvalue weighted by Gasteiger charge is 2.47. The van der Waals surface area contributed by atoms with Crippen LogP contribution >= 0.6 is 11.6 Å². The number of carbonyl (C=O) groups excluding carboxylic acids is 2. The molecule has 4 heterocycles. The molecule has 4 aromatic rings. The summed E-state index contributed by atoms with van der Waals surface area (Å²) in [5.74, 6) is -0.928. The van der Waals surface area contributed by atoms with Crippen molar-refractivity contribution in [3.8, 4) is 5.75 Å². The Labute approximate surface area is 312 Å². The fourth-order valence-electron chi connectivity index (χ4n) is 7.84. The van der Waals surface area contributed by atoms with E-state index in [-0.39, 0.29) is 76.8 Å². The molecule has 0 spiro atoms. The number of nitrogens with one attached hydrogen (secondary N) is 1. The molecule has 1 saturated heterocycles. The number of fused-ring (bicyclic) bond motifs is 2. The van der Waals surface area contributed by atoms with Gasteiger partial charge in [0.05, 0.1) is 40.3 Å². The second kappa shape index (κ2) is 14.3.